The summed E-state index contributed by atoms with van der Waals surface area (Å²) in [5, 5.41) is 19.3. The van der Waals surface area contributed by atoms with E-state index in [1.165, 1.54) is 0 Å². The lowest BCUT2D eigenvalue weighted by molar-refractivity contribution is -0.0831. The third kappa shape index (κ3) is 3.53. The van der Waals surface area contributed by atoms with E-state index in [4.69, 9.17) is 4.74 Å². The molecular weight excluding hydrogens is 354 g/mol. The Bertz CT molecular complexity index is 908. The van der Waals surface area contributed by atoms with Gasteiger partial charge in [-0.2, -0.15) is 5.10 Å². The van der Waals surface area contributed by atoms with Gasteiger partial charge in [0, 0.05) is 50.2 Å². The van der Waals surface area contributed by atoms with Crippen molar-refractivity contribution in [2.45, 2.75) is 38.1 Å². The van der Waals surface area contributed by atoms with E-state index in [0.29, 0.717) is 6.61 Å². The summed E-state index contributed by atoms with van der Waals surface area (Å²) in [4.78, 5) is 2.43. The van der Waals surface area contributed by atoms with Crippen LogP contribution in [0.1, 0.15) is 23.8 Å². The van der Waals surface area contributed by atoms with Crippen LogP contribution >= 0.6 is 0 Å². The minimum absolute atomic E-state index is 0.142. The van der Waals surface area contributed by atoms with Crippen molar-refractivity contribution in [2.75, 3.05) is 25.0 Å². The molecule has 1 unspecified atom stereocenters. The number of rotatable bonds is 6. The number of hydrogen-bond donors (Lipinski definition) is 2. The van der Waals surface area contributed by atoms with Crippen LogP contribution in [0.2, 0.25) is 0 Å². The number of para-hydroxylation sites is 1. The molecule has 4 heterocycles. The minimum atomic E-state index is -0.142. The van der Waals surface area contributed by atoms with Crippen molar-refractivity contribution in [1.82, 2.24) is 29.9 Å². The second-order valence-corrected chi connectivity index (χ2v) is 7.68. The molecule has 2 aromatic heterocycles. The molecule has 1 spiro atoms. The van der Waals surface area contributed by atoms with Gasteiger partial charge >= 0.3 is 0 Å². The summed E-state index contributed by atoms with van der Waals surface area (Å²) in [6.07, 6.45) is 3.67. The number of fused-ring (bicyclic) bond motifs is 1. The van der Waals surface area contributed by atoms with Crippen LogP contribution in [0.25, 0.3) is 0 Å². The molecule has 8 nitrogen and oxygen atoms in total. The first-order valence-electron chi connectivity index (χ1n) is 9.84. The molecule has 0 saturated carbocycles. The summed E-state index contributed by atoms with van der Waals surface area (Å²) in [6, 6.07) is 12.3. The van der Waals surface area contributed by atoms with Gasteiger partial charge in [0.2, 0.25) is 0 Å². The number of anilines is 1. The van der Waals surface area contributed by atoms with Gasteiger partial charge in [-0.3, -0.25) is 10.00 Å². The van der Waals surface area contributed by atoms with Crippen molar-refractivity contribution in [3.63, 3.8) is 0 Å². The number of aromatic amines is 1. The van der Waals surface area contributed by atoms with Gasteiger partial charge in [0.05, 0.1) is 6.54 Å². The molecular formula is C20H25N7O. The molecule has 1 atom stereocenters. The molecule has 1 fully saturated rings. The third-order valence-electron chi connectivity index (χ3n) is 5.66. The Kier molecular flexibility index (Phi) is 4.58. The van der Waals surface area contributed by atoms with Crippen molar-refractivity contribution < 1.29 is 4.74 Å². The summed E-state index contributed by atoms with van der Waals surface area (Å²) in [7, 11) is 0. The fourth-order valence-corrected chi connectivity index (χ4v) is 4.20. The van der Waals surface area contributed by atoms with Gasteiger partial charge < -0.3 is 14.6 Å². The second kappa shape index (κ2) is 7.37. The van der Waals surface area contributed by atoms with Gasteiger partial charge in [-0.1, -0.05) is 18.2 Å². The van der Waals surface area contributed by atoms with Gasteiger partial charge in [0.1, 0.15) is 18.0 Å². The van der Waals surface area contributed by atoms with Gasteiger partial charge in [-0.15, -0.1) is 10.2 Å². The molecule has 0 amide bonds. The van der Waals surface area contributed by atoms with Gasteiger partial charge in [0.25, 0.3) is 0 Å². The van der Waals surface area contributed by atoms with Crippen molar-refractivity contribution in [3.05, 3.63) is 59.9 Å². The highest BCUT2D eigenvalue weighted by Gasteiger charge is 2.43. The average Bonchev–Trinajstić information content (AvgIpc) is 3.45. The first-order valence-corrected chi connectivity index (χ1v) is 9.84. The topological polar surface area (TPSA) is 83.9 Å². The Morgan fingerprint density at radius 2 is 2.07 bits per heavy atom. The van der Waals surface area contributed by atoms with Crippen molar-refractivity contribution >= 4 is 5.69 Å². The van der Waals surface area contributed by atoms with Crippen LogP contribution in [0.5, 0.6) is 0 Å². The normalized spacial score (nSPS) is 21.9. The molecule has 1 aromatic carbocycles. The Labute approximate surface area is 163 Å². The van der Waals surface area contributed by atoms with Crippen LogP contribution in [0.4, 0.5) is 5.69 Å². The molecule has 0 aliphatic carbocycles. The number of benzene rings is 1. The maximum Gasteiger partial charge on any atom is 0.159 e. The molecule has 0 bridgehead atoms. The Balaban J connectivity index is 1.22. The maximum atomic E-state index is 6.28. The molecule has 1 saturated heterocycles. The molecule has 146 valence electrons. The van der Waals surface area contributed by atoms with Crippen LogP contribution in [0, 0.1) is 0 Å². The Morgan fingerprint density at radius 3 is 2.93 bits per heavy atom. The Hall–Kier alpha value is -2.71. The van der Waals surface area contributed by atoms with E-state index in [2.05, 4.69) is 47.3 Å². The summed E-state index contributed by atoms with van der Waals surface area (Å²) in [5.41, 5.74) is 2.13. The van der Waals surface area contributed by atoms with Crippen LogP contribution in [0.15, 0.2) is 42.6 Å². The number of H-pyrrole nitrogens is 1. The quantitative estimate of drug-likeness (QED) is 0.680. The smallest absolute Gasteiger partial charge is 0.159 e. The van der Waals surface area contributed by atoms with Gasteiger partial charge in [0.15, 0.2) is 5.82 Å². The lowest BCUT2D eigenvalue weighted by Gasteiger charge is -2.34. The zero-order chi connectivity index (χ0) is 18.8. The fraction of sp³-hybridized carbons (Fsp3) is 0.450. The SMILES string of the molecule is c1ccc(NCCc2nnc3n2CC2(CCN(Cc4ccn[nH]4)C2)OC3)cc1. The zero-order valence-electron chi connectivity index (χ0n) is 15.8. The predicted octanol–water partition coefficient (Wildman–Crippen LogP) is 1.83. The summed E-state index contributed by atoms with van der Waals surface area (Å²) in [5.74, 6) is 1.97. The maximum absolute atomic E-state index is 6.28. The van der Waals surface area contributed by atoms with E-state index in [1.54, 1.807) is 6.20 Å². The standard InChI is InChI=1S/C20H25N7O/c1-2-4-16(5-3-1)21-9-7-18-24-25-19-13-28-20(15-27(18)19)8-11-26(14-20)12-17-6-10-22-23-17/h1-6,10,21H,7-9,11-15H2,(H,22,23). The van der Waals surface area contributed by atoms with E-state index in [9.17, 15) is 0 Å². The van der Waals surface area contributed by atoms with Crippen LogP contribution < -0.4 is 5.32 Å². The predicted molar refractivity (Wildman–Crippen MR) is 105 cm³/mol. The van der Waals surface area contributed by atoms with Gasteiger partial charge in [-0.25, -0.2) is 0 Å². The molecule has 2 N–H and O–H groups in total. The molecule has 8 heteroatoms. The van der Waals surface area contributed by atoms with Crippen molar-refractivity contribution in [3.8, 4) is 0 Å². The molecule has 0 radical (unpaired) electrons. The van der Waals surface area contributed by atoms with E-state index in [0.717, 1.165) is 68.6 Å². The van der Waals surface area contributed by atoms with Gasteiger partial charge in [-0.05, 0) is 24.6 Å². The lowest BCUT2D eigenvalue weighted by atomic mass is 10.0. The molecule has 3 aromatic rings. The highest BCUT2D eigenvalue weighted by atomic mass is 16.5. The number of likely N-dealkylation sites (tertiary alicyclic amines) is 1. The summed E-state index contributed by atoms with van der Waals surface area (Å²) in [6.45, 7) is 5.04. The average molecular weight is 379 g/mol. The third-order valence-corrected chi connectivity index (χ3v) is 5.66. The zero-order valence-corrected chi connectivity index (χ0v) is 15.8. The second-order valence-electron chi connectivity index (χ2n) is 7.68. The lowest BCUT2D eigenvalue weighted by Crippen LogP contribution is -2.44. The van der Waals surface area contributed by atoms with E-state index >= 15 is 0 Å². The van der Waals surface area contributed by atoms with E-state index in [-0.39, 0.29) is 5.60 Å². The molecule has 28 heavy (non-hydrogen) atoms. The molecule has 2 aliphatic heterocycles. The van der Waals surface area contributed by atoms with E-state index < -0.39 is 0 Å². The number of hydrogen-bond acceptors (Lipinski definition) is 6. The van der Waals surface area contributed by atoms with Crippen LogP contribution in [-0.2, 0) is 30.9 Å². The monoisotopic (exact) mass is 379 g/mol. The van der Waals surface area contributed by atoms with Crippen LogP contribution in [0.3, 0.4) is 0 Å². The fourth-order valence-electron chi connectivity index (χ4n) is 4.20. The first-order chi connectivity index (χ1) is 13.8. The number of ether oxygens (including phenoxy) is 1. The Morgan fingerprint density at radius 1 is 1.14 bits per heavy atom. The molecule has 2 aliphatic rings. The minimum Gasteiger partial charge on any atom is -0.385 e. The summed E-state index contributed by atoms with van der Waals surface area (Å²) >= 11 is 0. The molecule has 5 rings (SSSR count). The first kappa shape index (κ1) is 17.4. The number of nitrogens with one attached hydrogen (secondary N) is 2. The highest BCUT2D eigenvalue weighted by Crippen LogP contribution is 2.33. The van der Waals surface area contributed by atoms with E-state index in [1.807, 2.05) is 24.3 Å². The number of nitrogens with zero attached hydrogens (tertiary/aromatic N) is 5. The summed E-state index contributed by atoms with van der Waals surface area (Å²) < 4.78 is 8.56. The highest BCUT2D eigenvalue weighted by molar-refractivity contribution is 5.42. The van der Waals surface area contributed by atoms with Crippen molar-refractivity contribution in [1.29, 1.82) is 0 Å². The van der Waals surface area contributed by atoms with Crippen molar-refractivity contribution in [2.24, 2.45) is 0 Å². The largest absolute Gasteiger partial charge is 0.385 e. The van der Waals surface area contributed by atoms with Crippen LogP contribution in [-0.4, -0.2) is 55.1 Å². The number of aromatic nitrogens is 5.